The molecule has 0 aliphatic carbocycles. The summed E-state index contributed by atoms with van der Waals surface area (Å²) in [5, 5.41) is 12.5. The Labute approximate surface area is 138 Å². The molecule has 120 valence electrons. The fourth-order valence-corrected chi connectivity index (χ4v) is 3.23. The van der Waals surface area contributed by atoms with Crippen LogP contribution in [-0.4, -0.2) is 16.1 Å². The number of hydrogen-bond donors (Lipinski definition) is 2. The highest BCUT2D eigenvalue weighted by Gasteiger charge is 2.34. The first-order valence-electron chi connectivity index (χ1n) is 7.23. The van der Waals surface area contributed by atoms with Gasteiger partial charge in [0.25, 0.3) is 0 Å². The molecule has 23 heavy (non-hydrogen) atoms. The minimum atomic E-state index is -1.05. The van der Waals surface area contributed by atoms with Crippen LogP contribution in [0.5, 0.6) is 0 Å². The lowest BCUT2D eigenvalue weighted by Gasteiger charge is -2.38. The molecule has 0 radical (unpaired) electrons. The number of nitrogens with zero attached hydrogens (tertiary/aromatic N) is 1. The molecule has 1 aliphatic rings. The Kier molecular flexibility index (Phi) is 3.76. The number of fused-ring (bicyclic) bond motifs is 1. The van der Waals surface area contributed by atoms with Crippen molar-refractivity contribution in [2.45, 2.75) is 31.7 Å². The van der Waals surface area contributed by atoms with Gasteiger partial charge in [0.15, 0.2) is 0 Å². The Balaban J connectivity index is 2.01. The van der Waals surface area contributed by atoms with Gasteiger partial charge in [-0.25, -0.2) is 14.2 Å². The fourth-order valence-electron chi connectivity index (χ4n) is 3.04. The number of aromatic nitrogens is 1. The van der Waals surface area contributed by atoms with Crippen molar-refractivity contribution in [3.8, 4) is 0 Å². The van der Waals surface area contributed by atoms with Crippen LogP contribution in [0, 0.1) is 5.82 Å². The van der Waals surface area contributed by atoms with E-state index in [2.05, 4.69) is 24.1 Å². The quantitative estimate of drug-likeness (QED) is 0.854. The van der Waals surface area contributed by atoms with Crippen molar-refractivity contribution in [1.82, 2.24) is 4.98 Å². The third kappa shape index (κ3) is 2.88. The molecule has 3 rings (SSSR count). The highest BCUT2D eigenvalue weighted by atomic mass is 35.5. The van der Waals surface area contributed by atoms with E-state index in [9.17, 15) is 9.18 Å². The van der Waals surface area contributed by atoms with Crippen LogP contribution in [0.25, 0.3) is 0 Å². The van der Waals surface area contributed by atoms with Gasteiger partial charge in [-0.2, -0.15) is 0 Å². The normalized spacial score (nSPS) is 18.9. The largest absolute Gasteiger partial charge is 0.477 e. The van der Waals surface area contributed by atoms with Crippen LogP contribution in [0.2, 0.25) is 5.02 Å². The van der Waals surface area contributed by atoms with E-state index in [-0.39, 0.29) is 22.2 Å². The summed E-state index contributed by atoms with van der Waals surface area (Å²) in [7, 11) is 0. The molecule has 0 spiro atoms. The number of pyridine rings is 1. The molecular weight excluding hydrogens is 319 g/mol. The summed E-state index contributed by atoms with van der Waals surface area (Å²) in [6.45, 7) is 4.10. The van der Waals surface area contributed by atoms with Gasteiger partial charge in [0, 0.05) is 0 Å². The molecule has 0 fully saturated rings. The Morgan fingerprint density at radius 1 is 1.43 bits per heavy atom. The van der Waals surface area contributed by atoms with Gasteiger partial charge in [-0.05, 0) is 41.2 Å². The molecule has 6 heteroatoms. The number of nitrogens with one attached hydrogen (secondary N) is 1. The van der Waals surface area contributed by atoms with E-state index in [0.717, 1.165) is 23.2 Å². The van der Waals surface area contributed by atoms with Gasteiger partial charge >= 0.3 is 5.97 Å². The molecule has 0 saturated carbocycles. The van der Waals surface area contributed by atoms with Gasteiger partial charge in [0.05, 0.1) is 22.9 Å². The number of halogens is 2. The van der Waals surface area contributed by atoms with Crippen molar-refractivity contribution in [3.05, 3.63) is 58.1 Å². The summed E-state index contributed by atoms with van der Waals surface area (Å²) >= 11 is 5.88. The number of benzene rings is 1. The predicted octanol–water partition coefficient (Wildman–Crippen LogP) is 4.41. The summed E-state index contributed by atoms with van der Waals surface area (Å²) in [6, 6.07) is 6.24. The summed E-state index contributed by atoms with van der Waals surface area (Å²) in [5.74, 6) is -1.49. The molecule has 4 nitrogen and oxygen atoms in total. The molecular formula is C17H16ClFN2O2. The third-order valence-electron chi connectivity index (χ3n) is 4.24. The SMILES string of the molecule is CC1(C)CC(c2ccc(F)c(Cl)c2)Nc2cnc(C(=O)O)cc21. The monoisotopic (exact) mass is 334 g/mol. The van der Waals surface area contributed by atoms with Crippen LogP contribution in [0.3, 0.4) is 0 Å². The lowest BCUT2D eigenvalue weighted by Crippen LogP contribution is -2.31. The molecule has 0 saturated heterocycles. The molecule has 2 N–H and O–H groups in total. The van der Waals surface area contributed by atoms with Gasteiger partial charge in [0.2, 0.25) is 0 Å². The number of carboxylic acid groups (broad SMARTS) is 1. The maximum atomic E-state index is 13.4. The van der Waals surface area contributed by atoms with Crippen molar-refractivity contribution in [2.75, 3.05) is 5.32 Å². The first-order valence-corrected chi connectivity index (χ1v) is 7.61. The van der Waals surface area contributed by atoms with E-state index in [1.165, 1.54) is 12.3 Å². The number of carboxylic acids is 1. The lowest BCUT2D eigenvalue weighted by atomic mass is 9.74. The molecule has 1 aliphatic heterocycles. The zero-order valence-electron chi connectivity index (χ0n) is 12.7. The first kappa shape index (κ1) is 15.7. The minimum Gasteiger partial charge on any atom is -0.477 e. The van der Waals surface area contributed by atoms with Crippen LogP contribution >= 0.6 is 11.6 Å². The summed E-state index contributed by atoms with van der Waals surface area (Å²) < 4.78 is 13.4. The molecule has 1 atom stereocenters. The standard InChI is InChI=1S/C17H16ClFN2O2/c1-17(2)7-14(9-3-4-12(19)11(18)5-9)21-15-8-20-13(16(22)23)6-10(15)17/h3-6,8,14,21H,7H2,1-2H3,(H,22,23). The molecule has 0 bridgehead atoms. The Morgan fingerprint density at radius 2 is 2.17 bits per heavy atom. The number of hydrogen-bond acceptors (Lipinski definition) is 3. The van der Waals surface area contributed by atoms with Crippen LogP contribution in [0.1, 0.15) is 47.9 Å². The number of carbonyl (C=O) groups is 1. The van der Waals surface area contributed by atoms with Crippen molar-refractivity contribution >= 4 is 23.3 Å². The third-order valence-corrected chi connectivity index (χ3v) is 4.53. The van der Waals surface area contributed by atoms with E-state index in [0.29, 0.717) is 0 Å². The number of rotatable bonds is 2. The first-order chi connectivity index (χ1) is 10.8. The number of anilines is 1. The van der Waals surface area contributed by atoms with E-state index >= 15 is 0 Å². The fraction of sp³-hybridized carbons (Fsp3) is 0.294. The molecule has 1 aromatic heterocycles. The summed E-state index contributed by atoms with van der Waals surface area (Å²) in [5.41, 5.74) is 2.37. The Morgan fingerprint density at radius 3 is 2.83 bits per heavy atom. The second kappa shape index (κ2) is 5.49. The Bertz CT molecular complexity index is 792. The molecule has 2 aromatic rings. The maximum absolute atomic E-state index is 13.4. The van der Waals surface area contributed by atoms with Crippen LogP contribution < -0.4 is 5.32 Å². The second-order valence-electron chi connectivity index (χ2n) is 6.38. The van der Waals surface area contributed by atoms with Gasteiger partial charge in [-0.1, -0.05) is 31.5 Å². The summed E-state index contributed by atoms with van der Waals surface area (Å²) in [6.07, 6.45) is 2.27. The van der Waals surface area contributed by atoms with Crippen LogP contribution in [0.15, 0.2) is 30.5 Å². The van der Waals surface area contributed by atoms with E-state index in [1.807, 2.05) is 0 Å². The van der Waals surface area contributed by atoms with Gasteiger partial charge in [-0.3, -0.25) is 0 Å². The zero-order chi connectivity index (χ0) is 16.8. The highest BCUT2D eigenvalue weighted by molar-refractivity contribution is 6.30. The molecule has 1 unspecified atom stereocenters. The van der Waals surface area contributed by atoms with Crippen molar-refractivity contribution in [2.24, 2.45) is 0 Å². The van der Waals surface area contributed by atoms with Gasteiger partial charge in [0.1, 0.15) is 11.5 Å². The highest BCUT2D eigenvalue weighted by Crippen LogP contribution is 2.44. The van der Waals surface area contributed by atoms with E-state index < -0.39 is 11.8 Å². The van der Waals surface area contributed by atoms with Gasteiger partial charge in [-0.15, -0.1) is 0 Å². The van der Waals surface area contributed by atoms with E-state index in [1.54, 1.807) is 18.2 Å². The smallest absolute Gasteiger partial charge is 0.354 e. The van der Waals surface area contributed by atoms with Crippen LogP contribution in [0.4, 0.5) is 10.1 Å². The molecule has 2 heterocycles. The molecule has 1 aromatic carbocycles. The van der Waals surface area contributed by atoms with E-state index in [4.69, 9.17) is 16.7 Å². The average Bonchev–Trinajstić information content (AvgIpc) is 2.49. The lowest BCUT2D eigenvalue weighted by molar-refractivity contribution is 0.0690. The Hall–Kier alpha value is -2.14. The predicted molar refractivity (Wildman–Crippen MR) is 86.6 cm³/mol. The number of aromatic carboxylic acids is 1. The van der Waals surface area contributed by atoms with Crippen LogP contribution in [-0.2, 0) is 5.41 Å². The summed E-state index contributed by atoms with van der Waals surface area (Å²) in [4.78, 5) is 15.1. The zero-order valence-corrected chi connectivity index (χ0v) is 13.5. The maximum Gasteiger partial charge on any atom is 0.354 e. The van der Waals surface area contributed by atoms with Crippen molar-refractivity contribution < 1.29 is 14.3 Å². The van der Waals surface area contributed by atoms with Crippen molar-refractivity contribution in [1.29, 1.82) is 0 Å². The van der Waals surface area contributed by atoms with Crippen molar-refractivity contribution in [3.63, 3.8) is 0 Å². The molecule has 0 amide bonds. The second-order valence-corrected chi connectivity index (χ2v) is 6.79. The average molecular weight is 335 g/mol. The topological polar surface area (TPSA) is 62.2 Å². The van der Waals surface area contributed by atoms with Gasteiger partial charge < -0.3 is 10.4 Å². The minimum absolute atomic E-state index is 0.0295.